The van der Waals surface area contributed by atoms with E-state index in [4.69, 9.17) is 5.73 Å². The Morgan fingerprint density at radius 1 is 1.31 bits per heavy atom. The average Bonchev–Trinajstić information content (AvgIpc) is 2.62. The predicted molar refractivity (Wildman–Crippen MR) is 61.0 cm³/mol. The molecule has 2 N–H and O–H groups in total. The molecule has 0 radical (unpaired) electrons. The minimum atomic E-state index is -0.234. The highest BCUT2D eigenvalue weighted by molar-refractivity contribution is 5.35. The standard InChI is InChI=1S/C12H14FN3/c1-9-8-15-12(6-7-14)16(9)11-4-2-10(13)3-5-11/h2-5,8H,6-7,14H2,1H3. The van der Waals surface area contributed by atoms with Crippen LogP contribution in [-0.4, -0.2) is 16.1 Å². The molecular weight excluding hydrogens is 205 g/mol. The van der Waals surface area contributed by atoms with Crippen LogP contribution in [-0.2, 0) is 6.42 Å². The Hall–Kier alpha value is -1.68. The molecule has 0 amide bonds. The Morgan fingerprint density at radius 2 is 2.00 bits per heavy atom. The number of aromatic nitrogens is 2. The minimum Gasteiger partial charge on any atom is -0.330 e. The first-order valence-corrected chi connectivity index (χ1v) is 5.21. The molecule has 16 heavy (non-hydrogen) atoms. The second-order valence-electron chi connectivity index (χ2n) is 3.67. The lowest BCUT2D eigenvalue weighted by Gasteiger charge is -2.09. The third-order valence-corrected chi connectivity index (χ3v) is 2.46. The maximum absolute atomic E-state index is 12.8. The summed E-state index contributed by atoms with van der Waals surface area (Å²) in [5, 5.41) is 0. The molecule has 0 aliphatic rings. The van der Waals surface area contributed by atoms with E-state index in [1.807, 2.05) is 11.5 Å². The van der Waals surface area contributed by atoms with Gasteiger partial charge in [0.2, 0.25) is 0 Å². The van der Waals surface area contributed by atoms with Crippen molar-refractivity contribution >= 4 is 0 Å². The van der Waals surface area contributed by atoms with Crippen LogP contribution >= 0.6 is 0 Å². The van der Waals surface area contributed by atoms with Crippen LogP contribution in [0, 0.1) is 12.7 Å². The highest BCUT2D eigenvalue weighted by atomic mass is 19.1. The van der Waals surface area contributed by atoms with Gasteiger partial charge in [0, 0.05) is 24.0 Å². The Labute approximate surface area is 93.7 Å². The topological polar surface area (TPSA) is 43.8 Å². The lowest BCUT2D eigenvalue weighted by Crippen LogP contribution is -2.09. The number of halogens is 1. The van der Waals surface area contributed by atoms with Crippen LogP contribution in [0.25, 0.3) is 5.69 Å². The number of nitrogens with two attached hydrogens (primary N) is 1. The highest BCUT2D eigenvalue weighted by Gasteiger charge is 2.07. The van der Waals surface area contributed by atoms with Crippen LogP contribution in [0.4, 0.5) is 4.39 Å². The Balaban J connectivity index is 2.45. The number of hydrogen-bond acceptors (Lipinski definition) is 2. The third-order valence-electron chi connectivity index (χ3n) is 2.46. The normalized spacial score (nSPS) is 10.7. The molecule has 0 aliphatic heterocycles. The molecule has 0 bridgehead atoms. The lowest BCUT2D eigenvalue weighted by molar-refractivity contribution is 0.627. The van der Waals surface area contributed by atoms with Gasteiger partial charge in [-0.1, -0.05) is 0 Å². The van der Waals surface area contributed by atoms with Gasteiger partial charge in [-0.2, -0.15) is 0 Å². The molecule has 0 atom stereocenters. The SMILES string of the molecule is Cc1cnc(CCN)n1-c1ccc(F)cc1. The van der Waals surface area contributed by atoms with Crippen LogP contribution in [0.1, 0.15) is 11.5 Å². The molecular formula is C12H14FN3. The van der Waals surface area contributed by atoms with Gasteiger partial charge in [0.05, 0.1) is 0 Å². The van der Waals surface area contributed by atoms with Crippen molar-refractivity contribution in [3.8, 4) is 5.69 Å². The summed E-state index contributed by atoms with van der Waals surface area (Å²) in [7, 11) is 0. The summed E-state index contributed by atoms with van der Waals surface area (Å²) in [5.41, 5.74) is 7.47. The molecule has 2 aromatic rings. The number of nitrogens with zero attached hydrogens (tertiary/aromatic N) is 2. The molecule has 3 nitrogen and oxygen atoms in total. The van der Waals surface area contributed by atoms with Gasteiger partial charge in [-0.05, 0) is 37.7 Å². The summed E-state index contributed by atoms with van der Waals surface area (Å²) >= 11 is 0. The van der Waals surface area contributed by atoms with E-state index in [0.717, 1.165) is 17.2 Å². The zero-order chi connectivity index (χ0) is 11.5. The molecule has 0 unspecified atom stereocenters. The van der Waals surface area contributed by atoms with Crippen LogP contribution < -0.4 is 5.73 Å². The fourth-order valence-electron chi connectivity index (χ4n) is 1.74. The molecule has 0 saturated heterocycles. The Morgan fingerprint density at radius 3 is 2.62 bits per heavy atom. The zero-order valence-electron chi connectivity index (χ0n) is 9.15. The second kappa shape index (κ2) is 4.45. The van der Waals surface area contributed by atoms with E-state index in [1.54, 1.807) is 18.3 Å². The molecule has 0 spiro atoms. The minimum absolute atomic E-state index is 0.234. The number of benzene rings is 1. The third kappa shape index (κ3) is 1.97. The van der Waals surface area contributed by atoms with E-state index in [9.17, 15) is 4.39 Å². The molecule has 0 fully saturated rings. The van der Waals surface area contributed by atoms with Crippen LogP contribution in [0.3, 0.4) is 0 Å². The lowest BCUT2D eigenvalue weighted by atomic mass is 10.3. The highest BCUT2D eigenvalue weighted by Crippen LogP contribution is 2.15. The smallest absolute Gasteiger partial charge is 0.123 e. The molecule has 4 heteroatoms. The van der Waals surface area contributed by atoms with Crippen molar-refractivity contribution in [1.82, 2.24) is 9.55 Å². The van der Waals surface area contributed by atoms with Crippen LogP contribution in [0.2, 0.25) is 0 Å². The van der Waals surface area contributed by atoms with Gasteiger partial charge in [0.1, 0.15) is 11.6 Å². The Kier molecular flexibility index (Phi) is 3.01. The van der Waals surface area contributed by atoms with Crippen LogP contribution in [0.15, 0.2) is 30.5 Å². The van der Waals surface area contributed by atoms with Crippen molar-refractivity contribution in [2.45, 2.75) is 13.3 Å². The van der Waals surface area contributed by atoms with Crippen molar-refractivity contribution in [2.24, 2.45) is 5.73 Å². The molecule has 1 heterocycles. The summed E-state index contributed by atoms with van der Waals surface area (Å²) in [6.07, 6.45) is 2.51. The van der Waals surface area contributed by atoms with Crippen molar-refractivity contribution in [3.05, 3.63) is 47.8 Å². The summed E-state index contributed by atoms with van der Waals surface area (Å²) in [4.78, 5) is 4.29. The van der Waals surface area contributed by atoms with E-state index >= 15 is 0 Å². The van der Waals surface area contributed by atoms with Crippen molar-refractivity contribution in [2.75, 3.05) is 6.54 Å². The van der Waals surface area contributed by atoms with Crippen LogP contribution in [0.5, 0.6) is 0 Å². The quantitative estimate of drug-likeness (QED) is 0.855. The summed E-state index contributed by atoms with van der Waals surface area (Å²) in [5.74, 6) is 0.675. The van der Waals surface area contributed by atoms with Gasteiger partial charge in [0.25, 0.3) is 0 Å². The summed E-state index contributed by atoms with van der Waals surface area (Å²) < 4.78 is 14.8. The first kappa shape index (κ1) is 10.8. The van der Waals surface area contributed by atoms with E-state index < -0.39 is 0 Å². The molecule has 0 aliphatic carbocycles. The fraction of sp³-hybridized carbons (Fsp3) is 0.250. The van der Waals surface area contributed by atoms with Gasteiger partial charge in [-0.15, -0.1) is 0 Å². The molecule has 2 rings (SSSR count). The van der Waals surface area contributed by atoms with E-state index in [0.29, 0.717) is 13.0 Å². The second-order valence-corrected chi connectivity index (χ2v) is 3.67. The summed E-state index contributed by atoms with van der Waals surface area (Å²) in [6.45, 7) is 2.52. The van der Waals surface area contributed by atoms with Gasteiger partial charge in [-0.3, -0.25) is 0 Å². The van der Waals surface area contributed by atoms with E-state index in [1.165, 1.54) is 12.1 Å². The van der Waals surface area contributed by atoms with Crippen molar-refractivity contribution in [3.63, 3.8) is 0 Å². The number of hydrogen-bond donors (Lipinski definition) is 1. The first-order chi connectivity index (χ1) is 7.72. The fourth-order valence-corrected chi connectivity index (χ4v) is 1.74. The van der Waals surface area contributed by atoms with Gasteiger partial charge < -0.3 is 10.3 Å². The zero-order valence-corrected chi connectivity index (χ0v) is 9.15. The first-order valence-electron chi connectivity index (χ1n) is 5.21. The number of aryl methyl sites for hydroxylation is 1. The van der Waals surface area contributed by atoms with E-state index in [-0.39, 0.29) is 5.82 Å². The summed E-state index contributed by atoms with van der Waals surface area (Å²) in [6, 6.07) is 6.37. The monoisotopic (exact) mass is 219 g/mol. The van der Waals surface area contributed by atoms with Crippen molar-refractivity contribution in [1.29, 1.82) is 0 Å². The average molecular weight is 219 g/mol. The predicted octanol–water partition coefficient (Wildman–Crippen LogP) is 1.82. The molecule has 84 valence electrons. The molecule has 1 aromatic heterocycles. The molecule has 0 saturated carbocycles. The van der Waals surface area contributed by atoms with Gasteiger partial charge >= 0.3 is 0 Å². The van der Waals surface area contributed by atoms with Crippen molar-refractivity contribution < 1.29 is 4.39 Å². The number of rotatable bonds is 3. The van der Waals surface area contributed by atoms with Gasteiger partial charge in [-0.25, -0.2) is 9.37 Å². The largest absolute Gasteiger partial charge is 0.330 e. The van der Waals surface area contributed by atoms with Gasteiger partial charge in [0.15, 0.2) is 0 Å². The maximum atomic E-state index is 12.8. The molecule has 1 aromatic carbocycles. The Bertz CT molecular complexity index is 474. The maximum Gasteiger partial charge on any atom is 0.123 e. The van der Waals surface area contributed by atoms with E-state index in [2.05, 4.69) is 4.98 Å². The number of imidazole rings is 1.